The van der Waals surface area contributed by atoms with Gasteiger partial charge in [-0.2, -0.15) is 4.98 Å². The molecule has 0 aliphatic carbocycles. The van der Waals surface area contributed by atoms with E-state index in [9.17, 15) is 4.79 Å². The van der Waals surface area contributed by atoms with Crippen molar-refractivity contribution >= 4 is 39.1 Å². The van der Waals surface area contributed by atoms with E-state index in [0.717, 1.165) is 36.7 Å². The fourth-order valence-electron chi connectivity index (χ4n) is 3.87. The van der Waals surface area contributed by atoms with Crippen LogP contribution >= 0.6 is 11.3 Å². The van der Waals surface area contributed by atoms with Crippen LogP contribution in [0.5, 0.6) is 5.88 Å². The Labute approximate surface area is 172 Å². The number of aryl methyl sites for hydroxylation is 1. The van der Waals surface area contributed by atoms with Crippen LogP contribution in [-0.2, 0) is 4.79 Å². The number of aromatic nitrogens is 3. The normalized spacial score (nSPS) is 18.3. The van der Waals surface area contributed by atoms with Crippen LogP contribution in [0.3, 0.4) is 0 Å². The first-order valence-corrected chi connectivity index (χ1v) is 10.5. The highest BCUT2D eigenvalue weighted by molar-refractivity contribution is 7.18. The number of anilines is 2. The van der Waals surface area contributed by atoms with Gasteiger partial charge >= 0.3 is 0 Å². The molecule has 29 heavy (non-hydrogen) atoms. The zero-order valence-electron chi connectivity index (χ0n) is 16.4. The molecule has 0 bridgehead atoms. The molecular weight excluding hydrogens is 388 g/mol. The summed E-state index contributed by atoms with van der Waals surface area (Å²) < 4.78 is 6.66. The number of ether oxygens (including phenoxy) is 1. The molecule has 0 spiro atoms. The second kappa shape index (κ2) is 7.23. The van der Waals surface area contributed by atoms with Crippen molar-refractivity contribution in [3.05, 3.63) is 35.0 Å². The SMILES string of the molecule is Cc1nc2cc(C(C)N3CCN(c4ncc5c(n4)OCC(=O)N5)CC3)ccc2s1. The molecule has 4 heterocycles. The maximum Gasteiger partial charge on any atom is 0.262 e. The second-order valence-corrected chi connectivity index (χ2v) is 8.62. The standard InChI is InChI=1S/C20H22N6O2S/c1-12(14-3-4-17-15(9-14)22-13(2)29-17)25-5-7-26(8-6-25)20-21-10-16-19(24-20)28-11-18(27)23-16/h3-4,9-10,12H,5-8,11H2,1-2H3,(H,23,27). The highest BCUT2D eigenvalue weighted by Crippen LogP contribution is 2.30. The molecule has 9 heteroatoms. The van der Waals surface area contributed by atoms with Gasteiger partial charge in [-0.25, -0.2) is 9.97 Å². The average molecular weight is 411 g/mol. The highest BCUT2D eigenvalue weighted by atomic mass is 32.1. The molecule has 2 aromatic heterocycles. The molecule has 5 rings (SSSR count). The van der Waals surface area contributed by atoms with Crippen LogP contribution in [-0.4, -0.2) is 58.5 Å². The number of fused-ring (bicyclic) bond motifs is 2. The van der Waals surface area contributed by atoms with E-state index >= 15 is 0 Å². The molecule has 0 saturated carbocycles. The molecule has 1 unspecified atom stereocenters. The van der Waals surface area contributed by atoms with Crippen LogP contribution in [0.25, 0.3) is 10.2 Å². The van der Waals surface area contributed by atoms with Gasteiger partial charge in [-0.15, -0.1) is 11.3 Å². The van der Waals surface area contributed by atoms with Crippen molar-refractivity contribution in [2.45, 2.75) is 19.9 Å². The van der Waals surface area contributed by atoms with Crippen LogP contribution in [0.1, 0.15) is 23.5 Å². The van der Waals surface area contributed by atoms with Gasteiger partial charge in [0.2, 0.25) is 11.8 Å². The summed E-state index contributed by atoms with van der Waals surface area (Å²) in [5.74, 6) is 0.909. The summed E-state index contributed by atoms with van der Waals surface area (Å²) >= 11 is 1.74. The topological polar surface area (TPSA) is 83.5 Å². The number of piperazine rings is 1. The van der Waals surface area contributed by atoms with Gasteiger partial charge in [0, 0.05) is 32.2 Å². The Morgan fingerprint density at radius 2 is 2.03 bits per heavy atom. The number of nitrogens with zero attached hydrogens (tertiary/aromatic N) is 5. The van der Waals surface area contributed by atoms with Gasteiger partial charge < -0.3 is 15.0 Å². The predicted octanol–water partition coefficient (Wildman–Crippen LogP) is 2.61. The van der Waals surface area contributed by atoms with E-state index < -0.39 is 0 Å². The summed E-state index contributed by atoms with van der Waals surface area (Å²) in [6.45, 7) is 7.83. The molecule has 1 N–H and O–H groups in total. The Morgan fingerprint density at radius 3 is 2.86 bits per heavy atom. The Kier molecular flexibility index (Phi) is 4.56. The minimum absolute atomic E-state index is 0.00238. The smallest absolute Gasteiger partial charge is 0.262 e. The predicted molar refractivity (Wildman–Crippen MR) is 113 cm³/mol. The molecule has 1 fully saturated rings. The zero-order chi connectivity index (χ0) is 20.0. The lowest BCUT2D eigenvalue weighted by atomic mass is 10.1. The first-order chi connectivity index (χ1) is 14.1. The number of carbonyl (C=O) groups excluding carboxylic acids is 1. The van der Waals surface area contributed by atoms with Crippen molar-refractivity contribution < 1.29 is 9.53 Å². The fourth-order valence-corrected chi connectivity index (χ4v) is 4.67. The Morgan fingerprint density at radius 1 is 1.21 bits per heavy atom. The molecule has 8 nitrogen and oxygen atoms in total. The van der Waals surface area contributed by atoms with Crippen LogP contribution in [0.15, 0.2) is 24.4 Å². The first-order valence-electron chi connectivity index (χ1n) is 9.72. The van der Waals surface area contributed by atoms with Gasteiger partial charge in [0.1, 0.15) is 5.69 Å². The van der Waals surface area contributed by atoms with E-state index in [-0.39, 0.29) is 12.5 Å². The Hall–Kier alpha value is -2.78. The quantitative estimate of drug-likeness (QED) is 0.711. The van der Waals surface area contributed by atoms with Gasteiger partial charge in [-0.1, -0.05) is 6.07 Å². The van der Waals surface area contributed by atoms with Crippen molar-refractivity contribution in [1.29, 1.82) is 0 Å². The van der Waals surface area contributed by atoms with Crippen LogP contribution in [0.4, 0.5) is 11.6 Å². The average Bonchev–Trinajstić information content (AvgIpc) is 3.12. The minimum Gasteiger partial charge on any atom is -0.466 e. The van der Waals surface area contributed by atoms with Gasteiger partial charge in [0.25, 0.3) is 5.91 Å². The molecular formula is C20H22N6O2S. The van der Waals surface area contributed by atoms with Crippen molar-refractivity contribution in [3.8, 4) is 5.88 Å². The minimum atomic E-state index is -0.178. The number of hydrogen-bond donors (Lipinski definition) is 1. The van der Waals surface area contributed by atoms with Crippen molar-refractivity contribution in [2.24, 2.45) is 0 Å². The van der Waals surface area contributed by atoms with Crippen molar-refractivity contribution in [2.75, 3.05) is 43.0 Å². The molecule has 1 aromatic carbocycles. The molecule has 3 aromatic rings. The summed E-state index contributed by atoms with van der Waals surface area (Å²) in [6.07, 6.45) is 1.62. The number of nitrogens with one attached hydrogen (secondary N) is 1. The van der Waals surface area contributed by atoms with Crippen LogP contribution in [0, 0.1) is 6.92 Å². The lowest BCUT2D eigenvalue weighted by molar-refractivity contribution is -0.118. The maximum atomic E-state index is 11.4. The Bertz CT molecular complexity index is 1080. The molecule has 150 valence electrons. The first kappa shape index (κ1) is 18.3. The highest BCUT2D eigenvalue weighted by Gasteiger charge is 2.25. The van der Waals surface area contributed by atoms with E-state index in [1.165, 1.54) is 10.3 Å². The summed E-state index contributed by atoms with van der Waals surface area (Å²) in [4.78, 5) is 29.6. The Balaban J connectivity index is 1.26. The molecule has 1 saturated heterocycles. The number of thiazole rings is 1. The summed E-state index contributed by atoms with van der Waals surface area (Å²) in [6, 6.07) is 6.94. The summed E-state index contributed by atoms with van der Waals surface area (Å²) in [5.41, 5.74) is 2.92. The molecule has 2 aliphatic heterocycles. The van der Waals surface area contributed by atoms with E-state index in [0.29, 0.717) is 23.6 Å². The molecule has 0 radical (unpaired) electrons. The van der Waals surface area contributed by atoms with Gasteiger partial charge in [-0.3, -0.25) is 9.69 Å². The van der Waals surface area contributed by atoms with Gasteiger partial charge in [0.05, 0.1) is 21.4 Å². The maximum absolute atomic E-state index is 11.4. The molecule has 2 aliphatic rings. The van der Waals surface area contributed by atoms with E-state index in [1.54, 1.807) is 17.5 Å². The third-order valence-electron chi connectivity index (χ3n) is 5.50. The molecule has 1 amide bonds. The van der Waals surface area contributed by atoms with Crippen LogP contribution in [0.2, 0.25) is 0 Å². The number of hydrogen-bond acceptors (Lipinski definition) is 8. The lowest BCUT2D eigenvalue weighted by Gasteiger charge is -2.38. The zero-order valence-corrected chi connectivity index (χ0v) is 17.2. The van der Waals surface area contributed by atoms with Crippen LogP contribution < -0.4 is 15.0 Å². The van der Waals surface area contributed by atoms with Crippen molar-refractivity contribution in [1.82, 2.24) is 19.9 Å². The largest absolute Gasteiger partial charge is 0.466 e. The fraction of sp³-hybridized carbons (Fsp3) is 0.400. The van der Waals surface area contributed by atoms with Gasteiger partial charge in [-0.05, 0) is 31.5 Å². The monoisotopic (exact) mass is 410 g/mol. The van der Waals surface area contributed by atoms with Gasteiger partial charge in [0.15, 0.2) is 6.61 Å². The number of amides is 1. The summed E-state index contributed by atoms with van der Waals surface area (Å²) in [5, 5.41) is 3.83. The third kappa shape index (κ3) is 3.51. The van der Waals surface area contributed by atoms with Crippen molar-refractivity contribution in [3.63, 3.8) is 0 Å². The van der Waals surface area contributed by atoms with E-state index in [4.69, 9.17) is 4.74 Å². The number of rotatable bonds is 3. The second-order valence-electron chi connectivity index (χ2n) is 7.38. The molecule has 1 atom stereocenters. The summed E-state index contributed by atoms with van der Waals surface area (Å²) in [7, 11) is 0. The van der Waals surface area contributed by atoms with E-state index in [1.807, 2.05) is 0 Å². The number of carbonyl (C=O) groups is 1. The van der Waals surface area contributed by atoms with E-state index in [2.05, 4.69) is 62.1 Å². The number of benzene rings is 1. The third-order valence-corrected chi connectivity index (χ3v) is 6.45. The lowest BCUT2D eigenvalue weighted by Crippen LogP contribution is -2.47.